The van der Waals surface area contributed by atoms with E-state index >= 15 is 0 Å². The summed E-state index contributed by atoms with van der Waals surface area (Å²) in [5.41, 5.74) is 4.84. The van der Waals surface area contributed by atoms with E-state index in [1.807, 2.05) is 19.2 Å². The van der Waals surface area contributed by atoms with Crippen LogP contribution in [0.1, 0.15) is 13.8 Å². The molecule has 0 saturated heterocycles. The molecule has 11 heteroatoms. The first kappa shape index (κ1) is 18.7. The summed E-state index contributed by atoms with van der Waals surface area (Å²) in [6.45, 7) is 5.23. The van der Waals surface area contributed by atoms with Crippen LogP contribution in [0.2, 0.25) is 0 Å². The van der Waals surface area contributed by atoms with E-state index in [0.717, 1.165) is 11.8 Å². The van der Waals surface area contributed by atoms with Crippen molar-refractivity contribution in [2.24, 2.45) is 5.73 Å². The van der Waals surface area contributed by atoms with Gasteiger partial charge < -0.3 is 10.6 Å². The third-order valence-corrected chi connectivity index (χ3v) is 5.59. The number of nitrogens with zero attached hydrogens (tertiary/aromatic N) is 3. The Morgan fingerprint density at radius 2 is 1.68 bits per heavy atom. The largest absolute Gasteiger partial charge is 0.351 e. The lowest BCUT2D eigenvalue weighted by Crippen LogP contribution is -2.36. The van der Waals surface area contributed by atoms with Crippen LogP contribution in [0.3, 0.4) is 0 Å². The molecule has 1 aromatic heterocycles. The molecular formula is C11H17N5O3S3. The number of hydrogen-bond acceptors (Lipinski definition) is 8. The van der Waals surface area contributed by atoms with Crippen molar-refractivity contribution in [2.45, 2.75) is 22.5 Å². The van der Waals surface area contributed by atoms with Gasteiger partial charge in [-0.25, -0.2) is 4.79 Å². The van der Waals surface area contributed by atoms with Crippen molar-refractivity contribution in [3.8, 4) is 0 Å². The van der Waals surface area contributed by atoms with Gasteiger partial charge in [0.2, 0.25) is 11.8 Å². The number of carbonyl (C=O) groups is 3. The van der Waals surface area contributed by atoms with Crippen molar-refractivity contribution in [1.82, 2.24) is 20.4 Å². The minimum atomic E-state index is -0.881. The van der Waals surface area contributed by atoms with E-state index in [1.165, 1.54) is 23.1 Å². The molecule has 0 spiro atoms. The standard InChI is InChI=1S/C11H17N5O3S3/c1-3-16(4-2)8(18)6-21-11-15-14-10(22-11)20-5-7(17)13-9(12)19/h3-6H2,1-2H3,(H3,12,13,17,19). The highest BCUT2D eigenvalue weighted by Gasteiger charge is 2.13. The minimum absolute atomic E-state index is 0.0284. The van der Waals surface area contributed by atoms with E-state index in [-0.39, 0.29) is 11.7 Å². The lowest BCUT2D eigenvalue weighted by Gasteiger charge is -2.17. The van der Waals surface area contributed by atoms with Crippen molar-refractivity contribution >= 4 is 52.7 Å². The molecule has 0 aliphatic carbocycles. The SMILES string of the molecule is CCN(CC)C(=O)CSc1nnc(SCC(=O)NC(N)=O)s1. The maximum Gasteiger partial charge on any atom is 0.318 e. The molecule has 1 heterocycles. The zero-order valence-electron chi connectivity index (χ0n) is 12.2. The van der Waals surface area contributed by atoms with Crippen molar-refractivity contribution in [1.29, 1.82) is 0 Å². The topological polar surface area (TPSA) is 118 Å². The second kappa shape index (κ2) is 9.64. The van der Waals surface area contributed by atoms with Gasteiger partial charge in [0.25, 0.3) is 0 Å². The molecule has 0 atom stereocenters. The Kier molecular flexibility index (Phi) is 8.20. The average molecular weight is 363 g/mol. The minimum Gasteiger partial charge on any atom is -0.351 e. The number of aromatic nitrogens is 2. The number of thioether (sulfide) groups is 2. The Bertz CT molecular complexity index is 533. The third kappa shape index (κ3) is 6.62. The van der Waals surface area contributed by atoms with Crippen LogP contribution in [0.4, 0.5) is 4.79 Å². The van der Waals surface area contributed by atoms with E-state index in [4.69, 9.17) is 5.73 Å². The van der Waals surface area contributed by atoms with E-state index in [1.54, 1.807) is 4.90 Å². The Hall–Kier alpha value is -1.33. The summed E-state index contributed by atoms with van der Waals surface area (Å²) >= 11 is 3.78. The molecule has 4 amide bonds. The second-order valence-corrected chi connectivity index (χ2v) is 7.31. The first-order valence-electron chi connectivity index (χ1n) is 6.42. The summed E-state index contributed by atoms with van der Waals surface area (Å²) in [6, 6.07) is -0.881. The fourth-order valence-corrected chi connectivity index (χ4v) is 4.13. The molecule has 8 nitrogen and oxygen atoms in total. The summed E-state index contributed by atoms with van der Waals surface area (Å²) in [5, 5.41) is 9.84. The van der Waals surface area contributed by atoms with Gasteiger partial charge in [-0.2, -0.15) is 0 Å². The monoisotopic (exact) mass is 363 g/mol. The van der Waals surface area contributed by atoms with Gasteiger partial charge >= 0.3 is 6.03 Å². The molecular weight excluding hydrogens is 346 g/mol. The van der Waals surface area contributed by atoms with E-state index in [9.17, 15) is 14.4 Å². The molecule has 0 radical (unpaired) electrons. The summed E-state index contributed by atoms with van der Waals surface area (Å²) in [4.78, 5) is 35.4. The van der Waals surface area contributed by atoms with E-state index in [2.05, 4.69) is 10.2 Å². The lowest BCUT2D eigenvalue weighted by molar-refractivity contribution is -0.128. The first-order valence-corrected chi connectivity index (χ1v) is 9.21. The number of nitrogens with one attached hydrogen (secondary N) is 1. The summed E-state index contributed by atoms with van der Waals surface area (Å²) in [6.07, 6.45) is 0. The van der Waals surface area contributed by atoms with Gasteiger partial charge in [-0.05, 0) is 13.8 Å². The molecule has 22 heavy (non-hydrogen) atoms. The van der Waals surface area contributed by atoms with Gasteiger partial charge in [-0.15, -0.1) is 10.2 Å². The quantitative estimate of drug-likeness (QED) is 0.655. The van der Waals surface area contributed by atoms with Gasteiger partial charge in [0.05, 0.1) is 11.5 Å². The molecule has 0 saturated carbocycles. The highest BCUT2D eigenvalue weighted by molar-refractivity contribution is 8.03. The van der Waals surface area contributed by atoms with E-state index in [0.29, 0.717) is 27.5 Å². The van der Waals surface area contributed by atoms with E-state index < -0.39 is 11.9 Å². The van der Waals surface area contributed by atoms with Gasteiger partial charge in [-0.1, -0.05) is 34.9 Å². The van der Waals surface area contributed by atoms with Crippen molar-refractivity contribution < 1.29 is 14.4 Å². The zero-order chi connectivity index (χ0) is 16.5. The number of rotatable bonds is 8. The predicted octanol–water partition coefficient (Wildman–Crippen LogP) is 0.786. The van der Waals surface area contributed by atoms with Crippen LogP contribution in [-0.2, 0) is 9.59 Å². The number of primary amides is 1. The second-order valence-electron chi connectivity index (χ2n) is 3.89. The molecule has 0 aliphatic rings. The van der Waals surface area contributed by atoms with Crippen molar-refractivity contribution in [3.63, 3.8) is 0 Å². The number of nitrogens with two attached hydrogens (primary N) is 1. The fourth-order valence-electron chi connectivity index (χ4n) is 1.41. The van der Waals surface area contributed by atoms with Gasteiger partial charge in [-0.3, -0.25) is 14.9 Å². The maximum atomic E-state index is 11.9. The number of urea groups is 1. The number of carbonyl (C=O) groups excluding carboxylic acids is 3. The molecule has 0 bridgehead atoms. The Balaban J connectivity index is 2.40. The van der Waals surface area contributed by atoms with Gasteiger partial charge in [0.1, 0.15) is 0 Å². The van der Waals surface area contributed by atoms with Crippen LogP contribution in [0.25, 0.3) is 0 Å². The van der Waals surface area contributed by atoms with Crippen LogP contribution >= 0.6 is 34.9 Å². The van der Waals surface area contributed by atoms with Crippen molar-refractivity contribution in [3.05, 3.63) is 0 Å². The molecule has 0 aromatic carbocycles. The zero-order valence-corrected chi connectivity index (χ0v) is 14.6. The molecule has 122 valence electrons. The van der Waals surface area contributed by atoms with Crippen LogP contribution in [0.5, 0.6) is 0 Å². The highest BCUT2D eigenvalue weighted by Crippen LogP contribution is 2.28. The number of hydrogen-bond donors (Lipinski definition) is 2. The Morgan fingerprint density at radius 3 is 2.18 bits per heavy atom. The van der Waals surface area contributed by atoms with Crippen LogP contribution in [0.15, 0.2) is 8.68 Å². The number of amides is 4. The summed E-state index contributed by atoms with van der Waals surface area (Å²) in [5.74, 6) is -0.0946. The van der Waals surface area contributed by atoms with Crippen molar-refractivity contribution in [2.75, 3.05) is 24.6 Å². The smallest absolute Gasteiger partial charge is 0.318 e. The van der Waals surface area contributed by atoms with Crippen LogP contribution in [0, 0.1) is 0 Å². The predicted molar refractivity (Wildman–Crippen MR) is 87.0 cm³/mol. The highest BCUT2D eigenvalue weighted by atomic mass is 32.2. The average Bonchev–Trinajstić information content (AvgIpc) is 2.91. The summed E-state index contributed by atoms with van der Waals surface area (Å²) < 4.78 is 1.26. The molecule has 1 rings (SSSR count). The first-order chi connectivity index (χ1) is 10.5. The third-order valence-electron chi connectivity index (χ3n) is 2.41. The molecule has 1 aromatic rings. The molecule has 0 unspecified atom stereocenters. The van der Waals surface area contributed by atoms with Crippen LogP contribution < -0.4 is 11.1 Å². The Morgan fingerprint density at radius 1 is 1.14 bits per heavy atom. The fraction of sp³-hybridized carbons (Fsp3) is 0.545. The molecule has 0 fully saturated rings. The molecule has 3 N–H and O–H groups in total. The van der Waals surface area contributed by atoms with Gasteiger partial charge in [0.15, 0.2) is 8.68 Å². The Labute approximate surface area is 140 Å². The molecule has 0 aliphatic heterocycles. The maximum absolute atomic E-state index is 11.9. The summed E-state index contributed by atoms with van der Waals surface area (Å²) in [7, 11) is 0. The normalized spacial score (nSPS) is 10.3. The van der Waals surface area contributed by atoms with Crippen LogP contribution in [-0.4, -0.2) is 57.5 Å². The van der Waals surface area contributed by atoms with Gasteiger partial charge in [0, 0.05) is 13.1 Å². The lowest BCUT2D eigenvalue weighted by atomic mass is 10.5. The number of imide groups is 1.